The van der Waals surface area contributed by atoms with Gasteiger partial charge in [-0.25, -0.2) is 0 Å². The van der Waals surface area contributed by atoms with E-state index >= 15 is 0 Å². The van der Waals surface area contributed by atoms with Gasteiger partial charge in [0.2, 0.25) is 11.8 Å². The molecule has 1 rings (SSSR count). The molecular formula is C11H22ClN3O2. The van der Waals surface area contributed by atoms with E-state index in [0.29, 0.717) is 6.42 Å². The van der Waals surface area contributed by atoms with Crippen LogP contribution in [0.5, 0.6) is 0 Å². The standard InChI is InChI=1S/C11H21N3O2.ClH/c1-6(2)9(10(13)15)14-11(16)7-3-4-8(12)5-7;/h6-9H,3-5,12H2,1-2H3,(H2,13,15)(H,14,16);1H. The van der Waals surface area contributed by atoms with E-state index in [9.17, 15) is 9.59 Å². The summed E-state index contributed by atoms with van der Waals surface area (Å²) >= 11 is 0. The minimum atomic E-state index is -0.579. The number of hydrogen-bond donors (Lipinski definition) is 3. The van der Waals surface area contributed by atoms with Gasteiger partial charge in [-0.2, -0.15) is 0 Å². The fraction of sp³-hybridized carbons (Fsp3) is 0.818. The maximum Gasteiger partial charge on any atom is 0.240 e. The number of hydrogen-bond acceptors (Lipinski definition) is 3. The molecule has 0 spiro atoms. The Kier molecular flexibility index (Phi) is 6.49. The third kappa shape index (κ3) is 4.52. The number of carbonyl (C=O) groups excluding carboxylic acids is 2. The predicted molar refractivity (Wildman–Crippen MR) is 68.5 cm³/mol. The Labute approximate surface area is 108 Å². The molecule has 0 bridgehead atoms. The quantitative estimate of drug-likeness (QED) is 0.674. The second kappa shape index (κ2) is 6.81. The summed E-state index contributed by atoms with van der Waals surface area (Å²) in [7, 11) is 0. The average Bonchev–Trinajstić information content (AvgIpc) is 2.59. The number of halogens is 1. The molecule has 2 amide bonds. The van der Waals surface area contributed by atoms with E-state index in [1.54, 1.807) is 0 Å². The molecule has 1 aliphatic carbocycles. The van der Waals surface area contributed by atoms with Crippen LogP contribution in [-0.2, 0) is 9.59 Å². The van der Waals surface area contributed by atoms with Crippen LogP contribution in [-0.4, -0.2) is 23.9 Å². The first kappa shape index (κ1) is 16.2. The highest BCUT2D eigenvalue weighted by Gasteiger charge is 2.30. The lowest BCUT2D eigenvalue weighted by atomic mass is 10.0. The molecule has 0 aromatic carbocycles. The fourth-order valence-electron chi connectivity index (χ4n) is 2.09. The highest BCUT2D eigenvalue weighted by atomic mass is 35.5. The van der Waals surface area contributed by atoms with Crippen molar-refractivity contribution in [2.75, 3.05) is 0 Å². The third-order valence-electron chi connectivity index (χ3n) is 3.11. The minimum Gasteiger partial charge on any atom is -0.368 e. The molecule has 1 saturated carbocycles. The van der Waals surface area contributed by atoms with E-state index < -0.39 is 11.9 Å². The van der Waals surface area contributed by atoms with Crippen LogP contribution in [0.4, 0.5) is 0 Å². The fourth-order valence-corrected chi connectivity index (χ4v) is 2.09. The summed E-state index contributed by atoms with van der Waals surface area (Å²) in [4.78, 5) is 23.0. The monoisotopic (exact) mass is 263 g/mol. The molecule has 3 unspecified atom stereocenters. The molecule has 3 atom stereocenters. The van der Waals surface area contributed by atoms with Gasteiger partial charge in [-0.1, -0.05) is 13.8 Å². The first-order valence-electron chi connectivity index (χ1n) is 5.77. The summed E-state index contributed by atoms with van der Waals surface area (Å²) in [6, 6.07) is -0.467. The topological polar surface area (TPSA) is 98.2 Å². The lowest BCUT2D eigenvalue weighted by molar-refractivity contribution is -0.130. The Morgan fingerprint density at radius 3 is 2.24 bits per heavy atom. The minimum absolute atomic E-state index is 0. The summed E-state index contributed by atoms with van der Waals surface area (Å²) < 4.78 is 0. The number of rotatable bonds is 4. The van der Waals surface area contributed by atoms with Crippen molar-refractivity contribution in [3.8, 4) is 0 Å². The van der Waals surface area contributed by atoms with Crippen molar-refractivity contribution < 1.29 is 9.59 Å². The van der Waals surface area contributed by atoms with Crippen molar-refractivity contribution in [3.63, 3.8) is 0 Å². The first-order valence-corrected chi connectivity index (χ1v) is 5.77. The van der Waals surface area contributed by atoms with Crippen LogP contribution in [0.25, 0.3) is 0 Å². The van der Waals surface area contributed by atoms with Gasteiger partial charge in [0.25, 0.3) is 0 Å². The number of nitrogens with two attached hydrogens (primary N) is 2. The Balaban J connectivity index is 0.00000256. The Hall–Kier alpha value is -0.810. The van der Waals surface area contributed by atoms with Crippen LogP contribution in [0, 0.1) is 11.8 Å². The van der Waals surface area contributed by atoms with Crippen LogP contribution in [0.2, 0.25) is 0 Å². The van der Waals surface area contributed by atoms with Gasteiger partial charge in [0.15, 0.2) is 0 Å². The predicted octanol–water partition coefficient (Wildman–Crippen LogP) is 0.162. The van der Waals surface area contributed by atoms with Crippen LogP contribution in [0.1, 0.15) is 33.1 Å². The zero-order valence-electron chi connectivity index (χ0n) is 10.3. The Bertz CT molecular complexity index is 284. The van der Waals surface area contributed by atoms with Crippen LogP contribution < -0.4 is 16.8 Å². The van der Waals surface area contributed by atoms with Crippen LogP contribution in [0.15, 0.2) is 0 Å². The van der Waals surface area contributed by atoms with Crippen molar-refractivity contribution in [1.82, 2.24) is 5.32 Å². The summed E-state index contributed by atoms with van der Waals surface area (Å²) in [6.45, 7) is 3.71. The van der Waals surface area contributed by atoms with Gasteiger partial charge in [-0.15, -0.1) is 12.4 Å². The van der Waals surface area contributed by atoms with Crippen molar-refractivity contribution in [1.29, 1.82) is 0 Å². The summed E-state index contributed by atoms with van der Waals surface area (Å²) in [5.41, 5.74) is 11.0. The largest absolute Gasteiger partial charge is 0.368 e. The molecule has 0 heterocycles. The van der Waals surface area contributed by atoms with Gasteiger partial charge >= 0.3 is 0 Å². The molecule has 1 aliphatic rings. The van der Waals surface area contributed by atoms with E-state index in [0.717, 1.165) is 12.8 Å². The van der Waals surface area contributed by atoms with Crippen LogP contribution in [0.3, 0.4) is 0 Å². The van der Waals surface area contributed by atoms with Gasteiger partial charge in [-0.05, 0) is 25.2 Å². The zero-order chi connectivity index (χ0) is 12.3. The third-order valence-corrected chi connectivity index (χ3v) is 3.11. The maximum absolute atomic E-state index is 11.8. The first-order chi connectivity index (χ1) is 7.41. The highest BCUT2D eigenvalue weighted by molar-refractivity contribution is 5.87. The van der Waals surface area contributed by atoms with Crippen molar-refractivity contribution in [2.45, 2.75) is 45.2 Å². The van der Waals surface area contributed by atoms with E-state index in [1.807, 2.05) is 13.8 Å². The highest BCUT2D eigenvalue weighted by Crippen LogP contribution is 2.24. The number of amides is 2. The summed E-state index contributed by atoms with van der Waals surface area (Å²) in [6.07, 6.45) is 2.38. The summed E-state index contributed by atoms with van der Waals surface area (Å²) in [5.74, 6) is -0.622. The van der Waals surface area contributed by atoms with E-state index in [1.165, 1.54) is 0 Å². The molecule has 6 heteroatoms. The molecular weight excluding hydrogens is 242 g/mol. The smallest absolute Gasteiger partial charge is 0.240 e. The van der Waals surface area contributed by atoms with E-state index in [2.05, 4.69) is 5.32 Å². The lowest BCUT2D eigenvalue weighted by Gasteiger charge is -2.21. The van der Waals surface area contributed by atoms with Gasteiger partial charge in [0.05, 0.1) is 0 Å². The SMILES string of the molecule is CC(C)C(NC(=O)C1CCC(N)C1)C(N)=O.Cl. The van der Waals surface area contributed by atoms with Crippen LogP contribution >= 0.6 is 12.4 Å². The van der Waals surface area contributed by atoms with Gasteiger partial charge in [0, 0.05) is 12.0 Å². The van der Waals surface area contributed by atoms with Gasteiger partial charge in [0.1, 0.15) is 6.04 Å². The zero-order valence-corrected chi connectivity index (χ0v) is 11.1. The van der Waals surface area contributed by atoms with Crippen molar-refractivity contribution in [2.24, 2.45) is 23.3 Å². The van der Waals surface area contributed by atoms with Crippen molar-refractivity contribution >= 4 is 24.2 Å². The normalized spacial score (nSPS) is 25.2. The van der Waals surface area contributed by atoms with E-state index in [4.69, 9.17) is 11.5 Å². The van der Waals surface area contributed by atoms with Gasteiger partial charge in [-0.3, -0.25) is 9.59 Å². The molecule has 0 saturated heterocycles. The average molecular weight is 264 g/mol. The number of primary amides is 1. The number of nitrogens with one attached hydrogen (secondary N) is 1. The summed E-state index contributed by atoms with van der Waals surface area (Å²) in [5, 5.41) is 2.71. The molecule has 1 fully saturated rings. The molecule has 0 aliphatic heterocycles. The Morgan fingerprint density at radius 1 is 1.29 bits per heavy atom. The Morgan fingerprint density at radius 2 is 1.88 bits per heavy atom. The molecule has 5 N–H and O–H groups in total. The number of carbonyl (C=O) groups is 2. The molecule has 17 heavy (non-hydrogen) atoms. The van der Waals surface area contributed by atoms with Gasteiger partial charge < -0.3 is 16.8 Å². The molecule has 5 nitrogen and oxygen atoms in total. The second-order valence-corrected chi connectivity index (χ2v) is 4.90. The molecule has 0 aromatic rings. The molecule has 100 valence electrons. The maximum atomic E-state index is 11.8. The molecule has 0 radical (unpaired) electrons. The second-order valence-electron chi connectivity index (χ2n) is 4.90. The lowest BCUT2D eigenvalue weighted by Crippen LogP contribution is -2.49. The van der Waals surface area contributed by atoms with Crippen molar-refractivity contribution in [3.05, 3.63) is 0 Å². The molecule has 0 aromatic heterocycles. The van der Waals surface area contributed by atoms with E-state index in [-0.39, 0.29) is 36.2 Å².